The summed E-state index contributed by atoms with van der Waals surface area (Å²) in [7, 11) is 0. The van der Waals surface area contributed by atoms with Gasteiger partial charge in [0.1, 0.15) is 0 Å². The number of fused-ring (bicyclic) bond motifs is 1. The van der Waals surface area contributed by atoms with E-state index in [9.17, 15) is 14.0 Å². The Morgan fingerprint density at radius 1 is 1.14 bits per heavy atom. The fourth-order valence-electron chi connectivity index (χ4n) is 3.22. The van der Waals surface area contributed by atoms with Crippen molar-refractivity contribution >= 4 is 23.2 Å². The molecule has 1 N–H and O–H groups in total. The van der Waals surface area contributed by atoms with Gasteiger partial charge in [-0.2, -0.15) is 0 Å². The number of amides is 2. The third-order valence-corrected chi connectivity index (χ3v) is 4.61. The predicted molar refractivity (Wildman–Crippen MR) is 107 cm³/mol. The summed E-state index contributed by atoms with van der Waals surface area (Å²) in [4.78, 5) is 30.6. The molecule has 2 heterocycles. The lowest BCUT2D eigenvalue weighted by Crippen LogP contribution is -2.29. The molecule has 0 saturated carbocycles. The molecule has 0 aliphatic carbocycles. The molecule has 0 atom stereocenters. The Bertz CT molecular complexity index is 1060. The zero-order chi connectivity index (χ0) is 20.2. The maximum atomic E-state index is 13.6. The van der Waals surface area contributed by atoms with Crippen LogP contribution in [-0.4, -0.2) is 29.9 Å². The Morgan fingerprint density at radius 2 is 2.00 bits per heavy atom. The van der Waals surface area contributed by atoms with Gasteiger partial charge in [0, 0.05) is 30.3 Å². The van der Waals surface area contributed by atoms with E-state index in [0.29, 0.717) is 17.8 Å². The van der Waals surface area contributed by atoms with Crippen LogP contribution < -0.4 is 15.0 Å². The highest BCUT2D eigenvalue weighted by Gasteiger charge is 2.26. The molecule has 0 spiro atoms. The van der Waals surface area contributed by atoms with Crippen LogP contribution in [0.25, 0.3) is 0 Å². The quantitative estimate of drug-likeness (QED) is 0.723. The molecule has 1 aromatic heterocycles. The molecule has 29 heavy (non-hydrogen) atoms. The van der Waals surface area contributed by atoms with Crippen LogP contribution in [0.5, 0.6) is 5.75 Å². The van der Waals surface area contributed by atoms with Gasteiger partial charge in [0.05, 0.1) is 5.56 Å². The van der Waals surface area contributed by atoms with Crippen LogP contribution in [0.4, 0.5) is 15.8 Å². The van der Waals surface area contributed by atoms with Gasteiger partial charge in [-0.15, -0.1) is 0 Å². The number of halogens is 1. The van der Waals surface area contributed by atoms with E-state index < -0.39 is 11.7 Å². The Balaban J connectivity index is 1.44. The second-order valence-corrected chi connectivity index (χ2v) is 6.56. The van der Waals surface area contributed by atoms with Crippen molar-refractivity contribution in [2.24, 2.45) is 0 Å². The SMILES string of the molecule is O=C(COc1ccccc1F)Nc1ccc2c(c1)N(C(=O)c1cccnc1)CC2. The van der Waals surface area contributed by atoms with Crippen LogP contribution in [0.2, 0.25) is 0 Å². The number of ether oxygens (including phenoxy) is 1. The summed E-state index contributed by atoms with van der Waals surface area (Å²) < 4.78 is 18.8. The van der Waals surface area contributed by atoms with Gasteiger partial charge >= 0.3 is 0 Å². The molecule has 0 unspecified atom stereocenters. The number of anilines is 2. The van der Waals surface area contributed by atoms with E-state index in [1.807, 2.05) is 6.07 Å². The molecular weight excluding hydrogens is 373 g/mol. The summed E-state index contributed by atoms with van der Waals surface area (Å²) in [6.45, 7) is 0.243. The molecule has 7 heteroatoms. The van der Waals surface area contributed by atoms with E-state index in [4.69, 9.17) is 4.74 Å². The Kier molecular flexibility index (Phi) is 5.20. The van der Waals surface area contributed by atoms with Gasteiger partial charge in [0.25, 0.3) is 11.8 Å². The molecule has 1 aliphatic heterocycles. The van der Waals surface area contributed by atoms with Crippen molar-refractivity contribution in [3.63, 3.8) is 0 Å². The largest absolute Gasteiger partial charge is 0.481 e. The van der Waals surface area contributed by atoms with Gasteiger partial charge in [-0.25, -0.2) is 4.39 Å². The molecule has 2 aromatic carbocycles. The number of carbonyl (C=O) groups excluding carboxylic acids is 2. The average Bonchev–Trinajstić information content (AvgIpc) is 3.16. The number of hydrogen-bond donors (Lipinski definition) is 1. The molecule has 2 amide bonds. The van der Waals surface area contributed by atoms with Crippen molar-refractivity contribution in [2.75, 3.05) is 23.4 Å². The second-order valence-electron chi connectivity index (χ2n) is 6.56. The molecule has 4 rings (SSSR count). The number of aromatic nitrogens is 1. The third-order valence-electron chi connectivity index (χ3n) is 4.61. The van der Waals surface area contributed by atoms with Crippen molar-refractivity contribution in [1.82, 2.24) is 4.98 Å². The Hall–Kier alpha value is -3.74. The van der Waals surface area contributed by atoms with E-state index >= 15 is 0 Å². The second kappa shape index (κ2) is 8.10. The highest BCUT2D eigenvalue weighted by molar-refractivity contribution is 6.07. The van der Waals surface area contributed by atoms with Gasteiger partial charge < -0.3 is 15.0 Å². The van der Waals surface area contributed by atoms with Gasteiger partial charge in [-0.1, -0.05) is 18.2 Å². The number of nitrogens with zero attached hydrogens (tertiary/aromatic N) is 2. The fraction of sp³-hybridized carbons (Fsp3) is 0.136. The summed E-state index contributed by atoms with van der Waals surface area (Å²) in [6.07, 6.45) is 3.89. The summed E-state index contributed by atoms with van der Waals surface area (Å²) >= 11 is 0. The van der Waals surface area contributed by atoms with Crippen LogP contribution >= 0.6 is 0 Å². The smallest absolute Gasteiger partial charge is 0.262 e. The first-order chi connectivity index (χ1) is 14.1. The lowest BCUT2D eigenvalue weighted by molar-refractivity contribution is -0.118. The van der Waals surface area contributed by atoms with Crippen molar-refractivity contribution in [2.45, 2.75) is 6.42 Å². The van der Waals surface area contributed by atoms with Crippen molar-refractivity contribution in [3.8, 4) is 5.75 Å². The first-order valence-electron chi connectivity index (χ1n) is 9.14. The number of rotatable bonds is 5. The van der Waals surface area contributed by atoms with Crippen LogP contribution in [-0.2, 0) is 11.2 Å². The molecule has 1 aliphatic rings. The minimum Gasteiger partial charge on any atom is -0.481 e. The van der Waals surface area contributed by atoms with Gasteiger partial charge in [0.2, 0.25) is 0 Å². The maximum Gasteiger partial charge on any atom is 0.262 e. The topological polar surface area (TPSA) is 71.5 Å². The summed E-state index contributed by atoms with van der Waals surface area (Å²) in [5, 5.41) is 2.72. The summed E-state index contributed by atoms with van der Waals surface area (Å²) in [5.41, 5.74) is 2.83. The van der Waals surface area contributed by atoms with Crippen molar-refractivity contribution < 1.29 is 18.7 Å². The van der Waals surface area contributed by atoms with E-state index in [1.54, 1.807) is 47.5 Å². The van der Waals surface area contributed by atoms with Gasteiger partial charge in [-0.3, -0.25) is 14.6 Å². The monoisotopic (exact) mass is 391 g/mol. The molecular formula is C22H18FN3O3. The highest BCUT2D eigenvalue weighted by atomic mass is 19.1. The number of pyridine rings is 1. The number of para-hydroxylation sites is 1. The number of hydrogen-bond acceptors (Lipinski definition) is 4. The zero-order valence-corrected chi connectivity index (χ0v) is 15.5. The minimum atomic E-state index is -0.526. The Morgan fingerprint density at radius 3 is 2.79 bits per heavy atom. The van der Waals surface area contributed by atoms with Crippen LogP contribution in [0.3, 0.4) is 0 Å². The van der Waals surface area contributed by atoms with Crippen LogP contribution in [0.15, 0.2) is 67.0 Å². The van der Waals surface area contributed by atoms with E-state index in [1.165, 1.54) is 18.3 Å². The summed E-state index contributed by atoms with van der Waals surface area (Å²) in [6, 6.07) is 14.8. The van der Waals surface area contributed by atoms with Crippen molar-refractivity contribution in [3.05, 3.63) is 83.9 Å². The molecule has 6 nitrogen and oxygen atoms in total. The Labute approximate surface area is 166 Å². The lowest BCUT2D eigenvalue weighted by atomic mass is 10.1. The molecule has 146 valence electrons. The first-order valence-corrected chi connectivity index (χ1v) is 9.14. The van der Waals surface area contributed by atoms with Gasteiger partial charge in [0.15, 0.2) is 18.2 Å². The van der Waals surface area contributed by atoms with E-state index in [0.717, 1.165) is 17.7 Å². The molecule has 0 saturated heterocycles. The standard InChI is InChI=1S/C22H18FN3O3/c23-18-5-1-2-6-20(18)29-14-21(27)25-17-8-7-15-9-11-26(19(15)12-17)22(28)16-4-3-10-24-13-16/h1-8,10,12-13H,9,11,14H2,(H,25,27). The predicted octanol–water partition coefficient (Wildman–Crippen LogP) is 3.44. The molecule has 0 bridgehead atoms. The zero-order valence-electron chi connectivity index (χ0n) is 15.5. The number of benzene rings is 2. The van der Waals surface area contributed by atoms with E-state index in [2.05, 4.69) is 10.3 Å². The maximum absolute atomic E-state index is 13.6. The molecule has 3 aromatic rings. The van der Waals surface area contributed by atoms with E-state index in [-0.39, 0.29) is 18.3 Å². The van der Waals surface area contributed by atoms with Crippen molar-refractivity contribution in [1.29, 1.82) is 0 Å². The molecule has 0 fully saturated rings. The number of nitrogens with one attached hydrogen (secondary N) is 1. The third kappa shape index (κ3) is 4.08. The number of carbonyl (C=O) groups is 2. The molecule has 0 radical (unpaired) electrons. The highest BCUT2D eigenvalue weighted by Crippen LogP contribution is 2.32. The average molecular weight is 391 g/mol. The lowest BCUT2D eigenvalue weighted by Gasteiger charge is -2.18. The summed E-state index contributed by atoms with van der Waals surface area (Å²) in [5.74, 6) is -1.06. The first kappa shape index (κ1) is 18.6. The van der Waals surface area contributed by atoms with Crippen LogP contribution in [0, 0.1) is 5.82 Å². The minimum absolute atomic E-state index is 0.0184. The van der Waals surface area contributed by atoms with Crippen LogP contribution in [0.1, 0.15) is 15.9 Å². The fourth-order valence-corrected chi connectivity index (χ4v) is 3.22. The normalized spacial score (nSPS) is 12.4. The van der Waals surface area contributed by atoms with Gasteiger partial charge in [-0.05, 0) is 48.4 Å².